The zero-order valence-corrected chi connectivity index (χ0v) is 18.5. The smallest absolute Gasteiger partial charge is 0.344 e. The van der Waals surface area contributed by atoms with E-state index in [0.717, 1.165) is 37.4 Å². The van der Waals surface area contributed by atoms with Gasteiger partial charge in [-0.05, 0) is 66.8 Å². The molecule has 0 saturated carbocycles. The topological polar surface area (TPSA) is 32.3 Å². The third-order valence-electron chi connectivity index (χ3n) is 6.02. The van der Waals surface area contributed by atoms with Crippen molar-refractivity contribution in [3.05, 3.63) is 56.7 Å². The van der Waals surface area contributed by atoms with E-state index in [0.29, 0.717) is 6.04 Å². The number of benzene rings is 1. The molecule has 0 aliphatic carbocycles. The summed E-state index contributed by atoms with van der Waals surface area (Å²) in [5.74, 6) is -0.572. The molecular weight excluding hydrogens is 456 g/mol. The molecule has 1 aromatic carbocycles. The Kier molecular flexibility index (Phi) is 7.38. The highest BCUT2D eigenvalue weighted by Gasteiger charge is 2.41. The summed E-state index contributed by atoms with van der Waals surface area (Å²) in [6, 6.07) is 5.83. The Morgan fingerprint density at radius 2 is 2.00 bits per heavy atom. The molecule has 0 bridgehead atoms. The summed E-state index contributed by atoms with van der Waals surface area (Å²) in [6.45, 7) is 0.996. The Labute approximate surface area is 189 Å². The van der Waals surface area contributed by atoms with Crippen molar-refractivity contribution in [3.63, 3.8) is 0 Å². The van der Waals surface area contributed by atoms with Crippen molar-refractivity contribution < 1.29 is 18.0 Å². The second-order valence-corrected chi connectivity index (χ2v) is 8.86. The van der Waals surface area contributed by atoms with Crippen LogP contribution in [0, 0.1) is 0 Å². The van der Waals surface area contributed by atoms with Gasteiger partial charge in [-0.25, -0.2) is 0 Å². The lowest BCUT2D eigenvalue weighted by Crippen LogP contribution is -2.47. The standard InChI is InChI=1S/C21H22ClF3N2OS.ClH/c22-18-15(5-3-6-16(18)21(23,24)25)20(28)26-19(13-9-11-29-12-13)17-8-7-14-4-1-2-10-27(14)17;/h3,5-6,9,11-12,14,17,19H,1-2,4,7-8,10H2,(H,26,28);1H/t14-,17-,19?;/m1./s1. The first-order valence-corrected chi connectivity index (χ1v) is 11.1. The second-order valence-electron chi connectivity index (χ2n) is 7.70. The number of hydrogen-bond acceptors (Lipinski definition) is 3. The predicted molar refractivity (Wildman–Crippen MR) is 116 cm³/mol. The van der Waals surface area contributed by atoms with Crippen molar-refractivity contribution in [1.29, 1.82) is 0 Å². The number of carbonyl (C=O) groups is 1. The Morgan fingerprint density at radius 3 is 2.70 bits per heavy atom. The maximum absolute atomic E-state index is 13.2. The highest BCUT2D eigenvalue weighted by molar-refractivity contribution is 7.08. The molecule has 3 nitrogen and oxygen atoms in total. The van der Waals surface area contributed by atoms with E-state index < -0.39 is 22.7 Å². The van der Waals surface area contributed by atoms with Gasteiger partial charge in [0.2, 0.25) is 0 Å². The van der Waals surface area contributed by atoms with Crippen molar-refractivity contribution in [2.24, 2.45) is 0 Å². The van der Waals surface area contributed by atoms with Crippen LogP contribution in [0.5, 0.6) is 0 Å². The Bertz CT molecular complexity index is 876. The average molecular weight is 479 g/mol. The quantitative estimate of drug-likeness (QED) is 0.556. The van der Waals surface area contributed by atoms with Crippen molar-refractivity contribution >= 4 is 41.3 Å². The van der Waals surface area contributed by atoms with Crippen LogP contribution in [0.15, 0.2) is 35.0 Å². The van der Waals surface area contributed by atoms with E-state index in [1.54, 1.807) is 11.3 Å². The number of amides is 1. The van der Waals surface area contributed by atoms with Gasteiger partial charge in [-0.3, -0.25) is 9.69 Å². The summed E-state index contributed by atoms with van der Waals surface area (Å²) in [5.41, 5.74) is -0.145. The van der Waals surface area contributed by atoms with E-state index in [9.17, 15) is 18.0 Å². The minimum Gasteiger partial charge on any atom is -0.344 e. The molecule has 4 rings (SSSR count). The molecule has 2 fully saturated rings. The fourth-order valence-electron chi connectivity index (χ4n) is 4.66. The van der Waals surface area contributed by atoms with Gasteiger partial charge in [-0.1, -0.05) is 24.1 Å². The summed E-state index contributed by atoms with van der Waals surface area (Å²) < 4.78 is 39.6. The first kappa shape index (κ1) is 23.4. The number of rotatable bonds is 4. The van der Waals surface area contributed by atoms with Gasteiger partial charge < -0.3 is 5.32 Å². The Morgan fingerprint density at radius 1 is 1.20 bits per heavy atom. The molecule has 2 aliphatic rings. The van der Waals surface area contributed by atoms with Gasteiger partial charge in [0.15, 0.2) is 0 Å². The van der Waals surface area contributed by atoms with Gasteiger partial charge in [0.25, 0.3) is 5.91 Å². The summed E-state index contributed by atoms with van der Waals surface area (Å²) in [7, 11) is 0. The minimum absolute atomic E-state index is 0. The van der Waals surface area contributed by atoms with Crippen molar-refractivity contribution in [2.75, 3.05) is 6.54 Å². The largest absolute Gasteiger partial charge is 0.417 e. The fourth-order valence-corrected chi connectivity index (χ4v) is 5.67. The number of nitrogens with one attached hydrogen (secondary N) is 1. The number of fused-ring (bicyclic) bond motifs is 1. The third kappa shape index (κ3) is 4.64. The van der Waals surface area contributed by atoms with E-state index in [1.807, 2.05) is 16.8 Å². The van der Waals surface area contributed by atoms with Crippen molar-refractivity contribution in [1.82, 2.24) is 10.2 Å². The molecule has 3 atom stereocenters. The minimum atomic E-state index is -4.60. The van der Waals surface area contributed by atoms with E-state index in [4.69, 9.17) is 11.6 Å². The Balaban J connectivity index is 0.00000256. The molecule has 9 heteroatoms. The van der Waals surface area contributed by atoms with Crippen LogP contribution in [0.1, 0.15) is 59.6 Å². The summed E-state index contributed by atoms with van der Waals surface area (Å²) in [5, 5.41) is 6.40. The number of halogens is 5. The van der Waals surface area contributed by atoms with Crippen LogP contribution in [0.25, 0.3) is 0 Å². The van der Waals surface area contributed by atoms with E-state index >= 15 is 0 Å². The Hall–Kier alpha value is -1.28. The van der Waals surface area contributed by atoms with Gasteiger partial charge in [-0.2, -0.15) is 24.5 Å². The van der Waals surface area contributed by atoms with Gasteiger partial charge in [0, 0.05) is 12.1 Å². The molecule has 2 aliphatic heterocycles. The molecule has 30 heavy (non-hydrogen) atoms. The van der Waals surface area contributed by atoms with Crippen LogP contribution < -0.4 is 5.32 Å². The van der Waals surface area contributed by atoms with E-state index in [2.05, 4.69) is 10.2 Å². The lowest BCUT2D eigenvalue weighted by atomic mass is 9.98. The van der Waals surface area contributed by atoms with Crippen LogP contribution >= 0.6 is 35.3 Å². The monoisotopic (exact) mass is 478 g/mol. The lowest BCUT2D eigenvalue weighted by Gasteiger charge is -2.38. The van der Waals surface area contributed by atoms with Crippen LogP contribution in [0.4, 0.5) is 13.2 Å². The maximum atomic E-state index is 13.2. The van der Waals surface area contributed by atoms with Gasteiger partial charge in [0.1, 0.15) is 0 Å². The van der Waals surface area contributed by atoms with Gasteiger partial charge >= 0.3 is 6.18 Å². The summed E-state index contributed by atoms with van der Waals surface area (Å²) >= 11 is 7.52. The van der Waals surface area contributed by atoms with Gasteiger partial charge in [0.05, 0.1) is 22.2 Å². The highest BCUT2D eigenvalue weighted by atomic mass is 35.5. The molecule has 3 heterocycles. The van der Waals surface area contributed by atoms with E-state index in [-0.39, 0.29) is 30.1 Å². The molecule has 1 aromatic heterocycles. The summed E-state index contributed by atoms with van der Waals surface area (Å²) in [4.78, 5) is 15.5. The number of carbonyl (C=O) groups excluding carboxylic acids is 1. The average Bonchev–Trinajstić information content (AvgIpc) is 3.35. The number of piperidine rings is 1. The van der Waals surface area contributed by atoms with Crippen LogP contribution in [-0.4, -0.2) is 29.4 Å². The number of hydrogen-bond donors (Lipinski definition) is 1. The third-order valence-corrected chi connectivity index (χ3v) is 7.13. The molecule has 1 amide bonds. The number of thiophene rings is 1. The van der Waals surface area contributed by atoms with Crippen LogP contribution in [0.2, 0.25) is 5.02 Å². The molecule has 0 spiro atoms. The molecule has 164 valence electrons. The SMILES string of the molecule is Cl.O=C(NC(c1ccsc1)[C@H]1CC[C@H]2CCCCN21)c1cccc(C(F)(F)F)c1Cl. The molecule has 1 N–H and O–H groups in total. The van der Waals surface area contributed by atoms with Crippen molar-refractivity contribution in [2.45, 2.75) is 56.4 Å². The first-order valence-electron chi connectivity index (χ1n) is 9.80. The van der Waals surface area contributed by atoms with Crippen molar-refractivity contribution in [3.8, 4) is 0 Å². The van der Waals surface area contributed by atoms with Crippen LogP contribution in [-0.2, 0) is 6.18 Å². The first-order chi connectivity index (χ1) is 13.9. The molecule has 0 radical (unpaired) electrons. The van der Waals surface area contributed by atoms with Gasteiger partial charge in [-0.15, -0.1) is 12.4 Å². The molecule has 1 unspecified atom stereocenters. The fraction of sp³-hybridized carbons (Fsp3) is 0.476. The van der Waals surface area contributed by atoms with E-state index in [1.165, 1.54) is 25.0 Å². The highest BCUT2D eigenvalue weighted by Crippen LogP contribution is 2.39. The zero-order chi connectivity index (χ0) is 20.6. The predicted octanol–water partition coefficient (Wildman–Crippen LogP) is 6.33. The number of alkyl halides is 3. The summed E-state index contributed by atoms with van der Waals surface area (Å²) in [6.07, 6.45) is 0.972. The molecule has 2 saturated heterocycles. The molecular formula is C21H23Cl2F3N2OS. The molecule has 2 aromatic rings. The lowest BCUT2D eigenvalue weighted by molar-refractivity contribution is -0.137. The maximum Gasteiger partial charge on any atom is 0.417 e. The normalized spacial score (nSPS) is 22.8. The second kappa shape index (κ2) is 9.47. The number of nitrogens with zero attached hydrogens (tertiary/aromatic N) is 1. The zero-order valence-electron chi connectivity index (χ0n) is 16.1. The van der Waals surface area contributed by atoms with Crippen LogP contribution in [0.3, 0.4) is 0 Å².